The molecular weight excluding hydrogens is 255 g/mol. The highest BCUT2D eigenvalue weighted by molar-refractivity contribution is 6.30. The van der Waals surface area contributed by atoms with Gasteiger partial charge in [-0.15, -0.1) is 0 Å². The Bertz CT molecular complexity index is 579. The Morgan fingerprint density at radius 2 is 1.72 bits per heavy atom. The van der Waals surface area contributed by atoms with Crippen LogP contribution in [0.4, 0.5) is 4.39 Å². The number of carboxylic acid groups (broad SMARTS) is 1. The number of hydrogen-bond acceptors (Lipinski definition) is 1. The highest BCUT2D eigenvalue weighted by atomic mass is 35.5. The number of aliphatic carboxylic acids is 1. The van der Waals surface area contributed by atoms with Crippen LogP contribution >= 0.6 is 11.6 Å². The molecule has 0 aliphatic rings. The lowest BCUT2D eigenvalue weighted by Gasteiger charge is -2.04. The summed E-state index contributed by atoms with van der Waals surface area (Å²) in [5.41, 5.74) is 2.24. The zero-order valence-electron chi connectivity index (χ0n) is 9.36. The van der Waals surface area contributed by atoms with Gasteiger partial charge in [-0.3, -0.25) is 4.79 Å². The van der Waals surface area contributed by atoms with E-state index in [1.54, 1.807) is 30.3 Å². The lowest BCUT2D eigenvalue weighted by Crippen LogP contribution is -1.99. The summed E-state index contributed by atoms with van der Waals surface area (Å²) < 4.78 is 13.3. The van der Waals surface area contributed by atoms with E-state index in [-0.39, 0.29) is 11.4 Å². The van der Waals surface area contributed by atoms with Crippen molar-refractivity contribution in [1.82, 2.24) is 0 Å². The van der Waals surface area contributed by atoms with Gasteiger partial charge in [-0.05, 0) is 28.8 Å². The molecule has 2 nitrogen and oxygen atoms in total. The lowest BCUT2D eigenvalue weighted by atomic mass is 10.0. The predicted octanol–water partition coefficient (Wildman–Crippen LogP) is 3.77. The molecule has 0 fully saturated rings. The van der Waals surface area contributed by atoms with Gasteiger partial charge in [0.15, 0.2) is 0 Å². The molecule has 0 bridgehead atoms. The molecule has 18 heavy (non-hydrogen) atoms. The minimum atomic E-state index is -0.875. The summed E-state index contributed by atoms with van der Waals surface area (Å²) in [6.45, 7) is 0. The van der Waals surface area contributed by atoms with Crippen LogP contribution in [0.3, 0.4) is 0 Å². The molecule has 4 heteroatoms. The Morgan fingerprint density at radius 1 is 1.11 bits per heavy atom. The molecule has 2 rings (SSSR count). The van der Waals surface area contributed by atoms with E-state index < -0.39 is 11.8 Å². The van der Waals surface area contributed by atoms with Crippen LogP contribution in [-0.4, -0.2) is 11.1 Å². The van der Waals surface area contributed by atoms with Gasteiger partial charge >= 0.3 is 5.97 Å². The summed E-state index contributed by atoms with van der Waals surface area (Å²) in [4.78, 5) is 10.5. The second-order valence-electron chi connectivity index (χ2n) is 3.90. The standard InChI is InChI=1S/C14H10ClFO2/c15-12-6-5-11(8-13(12)16)10-3-1-9(2-4-10)7-14(17)18/h1-6,8H,7H2,(H,17,18). The summed E-state index contributed by atoms with van der Waals surface area (Å²) >= 11 is 5.61. The van der Waals surface area contributed by atoms with E-state index >= 15 is 0 Å². The van der Waals surface area contributed by atoms with Crippen molar-refractivity contribution in [1.29, 1.82) is 0 Å². The molecular formula is C14H10ClFO2. The van der Waals surface area contributed by atoms with Gasteiger partial charge in [0.2, 0.25) is 0 Å². The number of rotatable bonds is 3. The van der Waals surface area contributed by atoms with Crippen molar-refractivity contribution >= 4 is 17.6 Å². The van der Waals surface area contributed by atoms with Gasteiger partial charge in [0.05, 0.1) is 11.4 Å². The molecule has 0 spiro atoms. The molecule has 0 radical (unpaired) electrons. The molecule has 2 aromatic carbocycles. The van der Waals surface area contributed by atoms with Crippen molar-refractivity contribution in [3.63, 3.8) is 0 Å². The average Bonchev–Trinajstić information content (AvgIpc) is 2.33. The van der Waals surface area contributed by atoms with Gasteiger partial charge in [-0.25, -0.2) is 4.39 Å². The van der Waals surface area contributed by atoms with Crippen molar-refractivity contribution in [2.45, 2.75) is 6.42 Å². The highest BCUT2D eigenvalue weighted by Crippen LogP contribution is 2.24. The molecule has 0 aliphatic heterocycles. The second kappa shape index (κ2) is 5.19. The third kappa shape index (κ3) is 2.87. The maximum absolute atomic E-state index is 13.3. The van der Waals surface area contributed by atoms with Gasteiger partial charge in [-0.1, -0.05) is 41.9 Å². The van der Waals surface area contributed by atoms with Crippen LogP contribution in [0.5, 0.6) is 0 Å². The maximum Gasteiger partial charge on any atom is 0.307 e. The molecule has 0 atom stereocenters. The molecule has 0 amide bonds. The van der Waals surface area contributed by atoms with E-state index in [9.17, 15) is 9.18 Å². The Balaban J connectivity index is 2.28. The number of hydrogen-bond donors (Lipinski definition) is 1. The summed E-state index contributed by atoms with van der Waals surface area (Å²) in [6.07, 6.45) is -0.0186. The smallest absolute Gasteiger partial charge is 0.307 e. The minimum Gasteiger partial charge on any atom is -0.481 e. The van der Waals surface area contributed by atoms with Crippen LogP contribution in [0.25, 0.3) is 11.1 Å². The zero-order chi connectivity index (χ0) is 13.1. The number of halogens is 2. The normalized spacial score (nSPS) is 10.3. The Labute approximate surface area is 109 Å². The van der Waals surface area contributed by atoms with E-state index in [1.807, 2.05) is 0 Å². The Hall–Kier alpha value is -1.87. The highest BCUT2D eigenvalue weighted by Gasteiger charge is 2.04. The maximum atomic E-state index is 13.3. The van der Waals surface area contributed by atoms with Gasteiger partial charge in [-0.2, -0.15) is 0 Å². The fourth-order valence-electron chi connectivity index (χ4n) is 1.67. The molecule has 1 N–H and O–H groups in total. The molecule has 0 saturated carbocycles. The molecule has 0 unspecified atom stereocenters. The first-order valence-corrected chi connectivity index (χ1v) is 5.70. The van der Waals surface area contributed by atoms with E-state index in [4.69, 9.17) is 16.7 Å². The SMILES string of the molecule is O=C(O)Cc1ccc(-c2ccc(Cl)c(F)c2)cc1. The monoisotopic (exact) mass is 264 g/mol. The van der Waals surface area contributed by atoms with E-state index in [1.165, 1.54) is 12.1 Å². The third-order valence-corrected chi connectivity index (χ3v) is 2.87. The fourth-order valence-corrected chi connectivity index (χ4v) is 1.78. The molecule has 92 valence electrons. The van der Waals surface area contributed by atoms with Crippen molar-refractivity contribution < 1.29 is 14.3 Å². The van der Waals surface area contributed by atoms with Gasteiger partial charge in [0.1, 0.15) is 5.82 Å². The molecule has 0 saturated heterocycles. The van der Waals surface area contributed by atoms with E-state index in [0.29, 0.717) is 11.1 Å². The molecule has 0 aromatic heterocycles. The van der Waals surface area contributed by atoms with Gasteiger partial charge < -0.3 is 5.11 Å². The molecule has 0 aliphatic carbocycles. The van der Waals surface area contributed by atoms with Crippen molar-refractivity contribution in [2.24, 2.45) is 0 Å². The Morgan fingerprint density at radius 3 is 2.28 bits per heavy atom. The number of carboxylic acids is 1. The first kappa shape index (κ1) is 12.6. The van der Waals surface area contributed by atoms with Crippen LogP contribution in [0.1, 0.15) is 5.56 Å². The van der Waals surface area contributed by atoms with Crippen molar-refractivity contribution in [2.75, 3.05) is 0 Å². The average molecular weight is 265 g/mol. The van der Waals surface area contributed by atoms with E-state index in [2.05, 4.69) is 0 Å². The van der Waals surface area contributed by atoms with Crippen LogP contribution in [0.15, 0.2) is 42.5 Å². The zero-order valence-corrected chi connectivity index (χ0v) is 10.1. The summed E-state index contributed by atoms with van der Waals surface area (Å²) in [5, 5.41) is 8.74. The Kier molecular flexibility index (Phi) is 3.63. The summed E-state index contributed by atoms with van der Waals surface area (Å²) in [7, 11) is 0. The first-order valence-electron chi connectivity index (χ1n) is 5.32. The van der Waals surface area contributed by atoms with Crippen LogP contribution in [0.2, 0.25) is 5.02 Å². The second-order valence-corrected chi connectivity index (χ2v) is 4.30. The van der Waals surface area contributed by atoms with Crippen LogP contribution in [0, 0.1) is 5.82 Å². The van der Waals surface area contributed by atoms with Gasteiger partial charge in [0, 0.05) is 0 Å². The topological polar surface area (TPSA) is 37.3 Å². The first-order chi connectivity index (χ1) is 8.56. The number of benzene rings is 2. The summed E-state index contributed by atoms with van der Waals surface area (Å²) in [6, 6.07) is 11.5. The van der Waals surface area contributed by atoms with E-state index in [0.717, 1.165) is 5.56 Å². The minimum absolute atomic E-state index is 0.0186. The largest absolute Gasteiger partial charge is 0.481 e. The molecule has 2 aromatic rings. The third-order valence-electron chi connectivity index (χ3n) is 2.56. The van der Waals surface area contributed by atoms with Crippen molar-refractivity contribution in [3.8, 4) is 11.1 Å². The van der Waals surface area contributed by atoms with Crippen LogP contribution in [-0.2, 0) is 11.2 Å². The van der Waals surface area contributed by atoms with Crippen molar-refractivity contribution in [3.05, 3.63) is 58.9 Å². The van der Waals surface area contributed by atoms with Crippen LogP contribution < -0.4 is 0 Å². The molecule has 0 heterocycles. The lowest BCUT2D eigenvalue weighted by molar-refractivity contribution is -0.136. The summed E-state index contributed by atoms with van der Waals surface area (Å²) in [5.74, 6) is -1.34. The quantitative estimate of drug-likeness (QED) is 0.916. The van der Waals surface area contributed by atoms with Gasteiger partial charge in [0.25, 0.3) is 0 Å². The number of carbonyl (C=O) groups is 1. The fraction of sp³-hybridized carbons (Fsp3) is 0.0714. The predicted molar refractivity (Wildman–Crippen MR) is 68.2 cm³/mol.